The zero-order valence-electron chi connectivity index (χ0n) is 72.8. The van der Waals surface area contributed by atoms with Crippen LogP contribution >= 0.6 is 0 Å². The quantitative estimate of drug-likeness (QED) is 0.0284. The van der Waals surface area contributed by atoms with Gasteiger partial charge < -0.3 is 34.6 Å². The first-order valence-electron chi connectivity index (χ1n) is 43.2. The van der Waals surface area contributed by atoms with Crippen LogP contribution in [0, 0.1) is 12.1 Å². The van der Waals surface area contributed by atoms with Crippen LogP contribution in [0.1, 0.15) is 269 Å². The second-order valence-electron chi connectivity index (χ2n) is 36.0. The van der Waals surface area contributed by atoms with Crippen molar-refractivity contribution in [3.05, 3.63) is 262 Å². The number of aliphatic hydroxyl groups excluding tert-OH is 2. The Morgan fingerprint density at radius 3 is 1.12 bits per heavy atom. The number of fused-ring (bicyclic) bond motifs is 2. The van der Waals surface area contributed by atoms with Crippen molar-refractivity contribution in [1.82, 2.24) is 25.1 Å². The summed E-state index contributed by atoms with van der Waals surface area (Å²) in [6.45, 7) is 36.7. The average molecular weight is 1740 g/mol. The maximum atomic E-state index is 9.81. The van der Waals surface area contributed by atoms with E-state index in [1.165, 1.54) is 181 Å². The minimum Gasteiger partial charge on any atom is -0.572 e. The summed E-state index contributed by atoms with van der Waals surface area (Å²) < 4.78 is 13.0. The number of unbranched alkanes of at least 4 members (excludes halogenated alkanes) is 12. The molecule has 0 fully saturated rings. The molecule has 0 aliphatic heterocycles. The molecule has 9 aromatic carbocycles. The van der Waals surface area contributed by atoms with Crippen LogP contribution in [0.3, 0.4) is 0 Å². The maximum Gasteiger partial charge on any atom is 3.00 e. The number of nitrogens with one attached hydrogen (secondary N) is 1. The Morgan fingerprint density at radius 1 is 0.385 bits per heavy atom. The summed E-state index contributed by atoms with van der Waals surface area (Å²) in [4.78, 5) is 14.2. The van der Waals surface area contributed by atoms with Crippen LogP contribution in [0.2, 0.25) is 0 Å². The molecule has 0 amide bonds. The molecule has 614 valence electrons. The number of hydrogen-bond acceptors (Lipinski definition) is 9. The van der Waals surface area contributed by atoms with E-state index in [4.69, 9.17) is 18.8 Å². The van der Waals surface area contributed by atoms with Gasteiger partial charge in [-0.05, 0) is 194 Å². The summed E-state index contributed by atoms with van der Waals surface area (Å²) in [7, 11) is 0. The molecule has 13 aromatic rings. The first kappa shape index (κ1) is 90.0. The number of rotatable bonds is 31. The normalized spacial score (nSPS) is 11.8. The monoisotopic (exact) mass is 1740 g/mol. The van der Waals surface area contributed by atoms with Crippen molar-refractivity contribution in [2.24, 2.45) is 0 Å². The van der Waals surface area contributed by atoms with Gasteiger partial charge in [0, 0.05) is 17.6 Å². The Bertz CT molecular complexity index is 4910. The van der Waals surface area contributed by atoms with Crippen molar-refractivity contribution in [2.75, 3.05) is 5.32 Å². The third-order valence-electron chi connectivity index (χ3n) is 22.1. The van der Waals surface area contributed by atoms with Gasteiger partial charge in [-0.25, -0.2) is 0 Å². The number of anilines is 2. The third-order valence-corrected chi connectivity index (χ3v) is 22.1. The van der Waals surface area contributed by atoms with Crippen molar-refractivity contribution in [3.8, 4) is 78.8 Å². The Kier molecular flexibility index (Phi) is 32.2. The molecule has 3 N–H and O–H groups in total. The Hall–Kier alpha value is -9.35. The standard InChI is InChI=1S/2C46H58NO2.C14H11N4.Ir/c2*1-9-11-13-15-18-32-24-33(19-16-14-12-10-2)26-36(25-32)43-39(35-28-37(45(3,4)5)30-38(29-35)46(6,7)8)20-17-21-40(43)44-47-41-27-34(31-48)22-23-42(41)49-44;1-2-6-11(7-3-1)16-14-10-13(17-18-14)12-8-4-5-9-15-12;/h2*17,20,22-30,48H,9-16,18-19,31H2,1-8H3;1-10H,(H-,16,17,18);/q3*-1;+3. The summed E-state index contributed by atoms with van der Waals surface area (Å²) in [6.07, 6.45) is 26.0. The molecule has 4 aromatic heterocycles. The van der Waals surface area contributed by atoms with Gasteiger partial charge in [0.15, 0.2) is 0 Å². The fraction of sp³-hybridized carbons (Fsp3) is 0.396. The van der Waals surface area contributed by atoms with Crippen LogP contribution in [0.4, 0.5) is 11.5 Å². The number of pyridine rings is 1. The van der Waals surface area contributed by atoms with Crippen LogP contribution in [0.15, 0.2) is 203 Å². The summed E-state index contributed by atoms with van der Waals surface area (Å²) in [6, 6.07) is 73.6. The first-order chi connectivity index (χ1) is 55.7. The SMILES string of the molecule is CCCCCCc1cc(CCCCCC)cc(-c2c(-c3nc4cc(CO)ccc4o3)[c-]ccc2-c2cc(C(C)(C)C)cc(C(C)(C)C)c2)c1.CCCCCCc1cc(CCCCCC)cc(-c2c(-c3nc4cc(CO)ccc4o3)[c-]ccc2-c2cc(C(C)(C)C)cc(C(C)(C)C)c2)c1.[Ir+3].c1ccc(Nc2cc(-c3ccccn3)[n-]n2)cc1. The Labute approximate surface area is 713 Å². The number of aliphatic hydroxyl groups is 2. The summed E-state index contributed by atoms with van der Waals surface area (Å²) in [5.41, 5.74) is 29.2. The number of aromatic nitrogens is 5. The molecule has 117 heavy (non-hydrogen) atoms. The second kappa shape index (κ2) is 41.9. The van der Waals surface area contributed by atoms with Crippen LogP contribution < -0.4 is 10.4 Å². The number of benzene rings is 9. The zero-order valence-corrected chi connectivity index (χ0v) is 75.2. The molecule has 0 unspecified atom stereocenters. The van der Waals surface area contributed by atoms with Gasteiger partial charge in [0.2, 0.25) is 0 Å². The summed E-state index contributed by atoms with van der Waals surface area (Å²) >= 11 is 0. The maximum absolute atomic E-state index is 9.81. The van der Waals surface area contributed by atoms with E-state index in [9.17, 15) is 10.2 Å². The molecular weight excluding hydrogens is 1610 g/mol. The van der Waals surface area contributed by atoms with E-state index >= 15 is 0 Å². The molecule has 13 rings (SSSR count). The van der Waals surface area contributed by atoms with Crippen molar-refractivity contribution in [1.29, 1.82) is 0 Å². The first-order valence-corrected chi connectivity index (χ1v) is 43.2. The van der Waals surface area contributed by atoms with Gasteiger partial charge in [-0.2, -0.15) is 0 Å². The van der Waals surface area contributed by atoms with Gasteiger partial charge in [-0.15, -0.1) is 36.4 Å². The van der Waals surface area contributed by atoms with E-state index in [0.29, 0.717) is 22.9 Å². The fourth-order valence-electron chi connectivity index (χ4n) is 15.1. The molecule has 0 aliphatic rings. The van der Waals surface area contributed by atoms with Crippen LogP contribution in [0.25, 0.3) is 101 Å². The van der Waals surface area contributed by atoms with Gasteiger partial charge >= 0.3 is 20.1 Å². The van der Waals surface area contributed by atoms with Gasteiger partial charge in [0.25, 0.3) is 0 Å². The van der Waals surface area contributed by atoms with Gasteiger partial charge in [0.1, 0.15) is 28.8 Å². The van der Waals surface area contributed by atoms with Gasteiger partial charge in [-0.3, -0.25) is 15.0 Å². The molecule has 10 nitrogen and oxygen atoms in total. The molecule has 0 bridgehead atoms. The molecule has 0 radical (unpaired) electrons. The van der Waals surface area contributed by atoms with Crippen molar-refractivity contribution in [2.45, 2.75) is 274 Å². The smallest absolute Gasteiger partial charge is 0.572 e. The molecule has 0 atom stereocenters. The number of aryl methyl sites for hydroxylation is 4. The summed E-state index contributed by atoms with van der Waals surface area (Å²) in [5.74, 6) is 1.84. The van der Waals surface area contributed by atoms with E-state index in [2.05, 4.69) is 228 Å². The van der Waals surface area contributed by atoms with E-state index < -0.39 is 0 Å². The molecule has 11 heteroatoms. The summed E-state index contributed by atoms with van der Waals surface area (Å²) in [5, 5.41) is 31.0. The van der Waals surface area contributed by atoms with Crippen LogP contribution in [-0.2, 0) is 80.7 Å². The number of oxazole rings is 2. The number of para-hydroxylation sites is 1. The molecule has 0 saturated heterocycles. The average Bonchev–Trinajstić information content (AvgIpc) is 1.75. The van der Waals surface area contributed by atoms with Gasteiger partial charge in [0.05, 0.1) is 24.2 Å². The van der Waals surface area contributed by atoms with Crippen molar-refractivity contribution in [3.63, 3.8) is 0 Å². The van der Waals surface area contributed by atoms with E-state index in [1.54, 1.807) is 6.20 Å². The Balaban J connectivity index is 0.000000202. The third kappa shape index (κ3) is 24.7. The predicted octanol–water partition coefficient (Wildman–Crippen LogP) is 28.8. The zero-order chi connectivity index (χ0) is 82.6. The van der Waals surface area contributed by atoms with Crippen LogP contribution in [0.5, 0.6) is 0 Å². The number of nitrogens with zero attached hydrogens (tertiary/aromatic N) is 5. The largest absolute Gasteiger partial charge is 3.00 e. The van der Waals surface area contributed by atoms with E-state index in [1.807, 2.05) is 103 Å². The predicted molar refractivity (Wildman–Crippen MR) is 487 cm³/mol. The molecule has 0 saturated carbocycles. The fourth-order valence-corrected chi connectivity index (χ4v) is 15.1. The van der Waals surface area contributed by atoms with E-state index in [-0.39, 0.29) is 55.0 Å². The minimum absolute atomic E-state index is 0. The second-order valence-corrected chi connectivity index (χ2v) is 36.0. The van der Waals surface area contributed by atoms with Crippen molar-refractivity contribution < 1.29 is 39.2 Å². The Morgan fingerprint density at radius 2 is 0.769 bits per heavy atom. The molecule has 0 aliphatic carbocycles. The van der Waals surface area contributed by atoms with Crippen molar-refractivity contribution >= 4 is 33.7 Å². The minimum atomic E-state index is -0.0305. The molecule has 4 heterocycles. The van der Waals surface area contributed by atoms with Gasteiger partial charge in [-0.1, -0.05) is 347 Å². The van der Waals surface area contributed by atoms with Crippen LogP contribution in [-0.4, -0.2) is 30.3 Å². The topological polar surface area (TPSA) is 144 Å². The molecule has 0 spiro atoms. The van der Waals surface area contributed by atoms with E-state index in [0.717, 1.165) is 93.0 Å². The molecular formula is C106H127IrN6O4. The number of hydrogen-bond donors (Lipinski definition) is 3.